The molecular formula is C13H14INO3. The first-order valence-electron chi connectivity index (χ1n) is 5.84. The van der Waals surface area contributed by atoms with Crippen molar-refractivity contribution in [2.45, 2.75) is 25.3 Å². The monoisotopic (exact) mass is 359 g/mol. The minimum absolute atomic E-state index is 0.0293. The van der Waals surface area contributed by atoms with Gasteiger partial charge in [-0.25, -0.2) is 4.79 Å². The van der Waals surface area contributed by atoms with Gasteiger partial charge >= 0.3 is 5.97 Å². The third kappa shape index (κ3) is 3.44. The van der Waals surface area contributed by atoms with Crippen molar-refractivity contribution in [1.82, 2.24) is 5.32 Å². The molecule has 1 saturated carbocycles. The zero-order valence-corrected chi connectivity index (χ0v) is 11.9. The van der Waals surface area contributed by atoms with E-state index in [1.807, 2.05) is 24.3 Å². The number of hydrogen-bond acceptors (Lipinski definition) is 2. The minimum atomic E-state index is -0.983. The second-order valence-electron chi connectivity index (χ2n) is 4.47. The molecule has 1 aliphatic rings. The number of nitrogens with one attached hydrogen (secondary N) is 1. The van der Waals surface area contributed by atoms with E-state index in [1.54, 1.807) is 0 Å². The van der Waals surface area contributed by atoms with Crippen LogP contribution in [0.15, 0.2) is 24.3 Å². The average Bonchev–Trinajstić information content (AvgIpc) is 3.14. The lowest BCUT2D eigenvalue weighted by molar-refractivity contribution is -0.142. The van der Waals surface area contributed by atoms with Crippen LogP contribution in [-0.4, -0.2) is 23.0 Å². The minimum Gasteiger partial charge on any atom is -0.480 e. The lowest BCUT2D eigenvalue weighted by atomic mass is 10.1. The number of carbonyl (C=O) groups is 2. The van der Waals surface area contributed by atoms with Crippen molar-refractivity contribution in [2.75, 3.05) is 0 Å². The Morgan fingerprint density at radius 3 is 2.61 bits per heavy atom. The Labute approximate surface area is 119 Å². The van der Waals surface area contributed by atoms with Crippen molar-refractivity contribution in [3.63, 3.8) is 0 Å². The molecule has 96 valence electrons. The van der Waals surface area contributed by atoms with Crippen LogP contribution >= 0.6 is 22.6 Å². The maximum atomic E-state index is 11.6. The number of benzene rings is 1. The van der Waals surface area contributed by atoms with Crippen molar-refractivity contribution in [1.29, 1.82) is 0 Å². The van der Waals surface area contributed by atoms with Crippen LogP contribution in [0.1, 0.15) is 18.4 Å². The van der Waals surface area contributed by atoms with E-state index in [2.05, 4.69) is 27.9 Å². The van der Waals surface area contributed by atoms with Gasteiger partial charge in [-0.15, -0.1) is 0 Å². The molecule has 0 aromatic heterocycles. The molecule has 1 aliphatic carbocycles. The molecule has 0 heterocycles. The molecule has 1 atom stereocenters. The van der Waals surface area contributed by atoms with Crippen molar-refractivity contribution in [2.24, 2.45) is 5.92 Å². The normalized spacial score (nSPS) is 16.1. The Balaban J connectivity index is 2.04. The van der Waals surface area contributed by atoms with E-state index in [-0.39, 0.29) is 11.8 Å². The van der Waals surface area contributed by atoms with Gasteiger partial charge in [0.2, 0.25) is 5.91 Å². The number of carboxylic acids is 1. The molecular weight excluding hydrogens is 345 g/mol. The number of carboxylic acid groups (broad SMARTS) is 1. The summed E-state index contributed by atoms with van der Waals surface area (Å²) in [5, 5.41) is 11.8. The highest BCUT2D eigenvalue weighted by Crippen LogP contribution is 2.29. The zero-order valence-electron chi connectivity index (χ0n) is 9.73. The Morgan fingerprint density at radius 1 is 1.39 bits per heavy atom. The molecule has 0 aliphatic heterocycles. The largest absolute Gasteiger partial charge is 0.480 e. The first kappa shape index (κ1) is 13.3. The molecule has 4 nitrogen and oxygen atoms in total. The standard InChI is InChI=1S/C13H14INO3/c14-10-4-2-1-3-9(10)7-11(13(17)18)15-12(16)8-5-6-8/h1-4,8,11H,5-7H2,(H,15,16)(H,17,18)/t11-/m1/s1. The first-order chi connectivity index (χ1) is 8.58. The van der Waals surface area contributed by atoms with E-state index in [4.69, 9.17) is 5.11 Å². The van der Waals surface area contributed by atoms with Crippen LogP contribution in [0.5, 0.6) is 0 Å². The van der Waals surface area contributed by atoms with Crippen LogP contribution in [-0.2, 0) is 16.0 Å². The van der Waals surface area contributed by atoms with Gasteiger partial charge in [-0.05, 0) is 47.1 Å². The summed E-state index contributed by atoms with van der Waals surface area (Å²) in [7, 11) is 0. The van der Waals surface area contributed by atoms with Gasteiger partial charge in [0.05, 0.1) is 0 Å². The van der Waals surface area contributed by atoms with Crippen molar-refractivity contribution in [3.05, 3.63) is 33.4 Å². The molecule has 1 aromatic carbocycles. The number of carbonyl (C=O) groups excluding carboxylic acids is 1. The molecule has 0 bridgehead atoms. The van der Waals surface area contributed by atoms with E-state index in [1.165, 1.54) is 0 Å². The Morgan fingerprint density at radius 2 is 2.06 bits per heavy atom. The predicted molar refractivity (Wildman–Crippen MR) is 75.2 cm³/mol. The highest BCUT2D eigenvalue weighted by atomic mass is 127. The van der Waals surface area contributed by atoms with Crippen LogP contribution in [0, 0.1) is 9.49 Å². The van der Waals surface area contributed by atoms with Crippen LogP contribution in [0.25, 0.3) is 0 Å². The van der Waals surface area contributed by atoms with Crippen LogP contribution < -0.4 is 5.32 Å². The van der Waals surface area contributed by atoms with Gasteiger partial charge in [-0.2, -0.15) is 0 Å². The fraction of sp³-hybridized carbons (Fsp3) is 0.385. The summed E-state index contributed by atoms with van der Waals surface area (Å²) in [6.07, 6.45) is 2.08. The lowest BCUT2D eigenvalue weighted by Crippen LogP contribution is -2.43. The highest BCUT2D eigenvalue weighted by Gasteiger charge is 2.32. The van der Waals surface area contributed by atoms with Crippen LogP contribution in [0.4, 0.5) is 0 Å². The quantitative estimate of drug-likeness (QED) is 0.789. The summed E-state index contributed by atoms with van der Waals surface area (Å²) < 4.78 is 1.02. The van der Waals surface area contributed by atoms with Gasteiger partial charge in [0, 0.05) is 15.9 Å². The van der Waals surface area contributed by atoms with E-state index in [0.29, 0.717) is 6.42 Å². The fourth-order valence-electron chi connectivity index (χ4n) is 1.72. The number of amides is 1. The number of rotatable bonds is 5. The Hall–Kier alpha value is -1.11. The van der Waals surface area contributed by atoms with Gasteiger partial charge < -0.3 is 10.4 Å². The van der Waals surface area contributed by atoms with E-state index in [9.17, 15) is 9.59 Å². The average molecular weight is 359 g/mol. The molecule has 0 spiro atoms. The van der Waals surface area contributed by atoms with E-state index >= 15 is 0 Å². The highest BCUT2D eigenvalue weighted by molar-refractivity contribution is 14.1. The molecule has 18 heavy (non-hydrogen) atoms. The second-order valence-corrected chi connectivity index (χ2v) is 5.63. The summed E-state index contributed by atoms with van der Waals surface area (Å²) in [5.74, 6) is -1.08. The van der Waals surface area contributed by atoms with Gasteiger partial charge in [0.1, 0.15) is 6.04 Å². The summed E-state index contributed by atoms with van der Waals surface area (Å²) in [4.78, 5) is 22.8. The molecule has 2 N–H and O–H groups in total. The van der Waals surface area contributed by atoms with Crippen molar-refractivity contribution < 1.29 is 14.7 Å². The van der Waals surface area contributed by atoms with Gasteiger partial charge in [0.25, 0.3) is 0 Å². The Bertz CT molecular complexity index is 471. The number of hydrogen-bond donors (Lipinski definition) is 2. The second kappa shape index (κ2) is 5.69. The summed E-state index contributed by atoms with van der Waals surface area (Å²) in [6.45, 7) is 0. The van der Waals surface area contributed by atoms with Crippen LogP contribution in [0.2, 0.25) is 0 Å². The van der Waals surface area contributed by atoms with E-state index < -0.39 is 12.0 Å². The molecule has 2 rings (SSSR count). The molecule has 1 fully saturated rings. The summed E-state index contributed by atoms with van der Waals surface area (Å²) in [5.41, 5.74) is 0.946. The predicted octanol–water partition coefficient (Wildman–Crippen LogP) is 1.81. The van der Waals surface area contributed by atoms with Gasteiger partial charge in [0.15, 0.2) is 0 Å². The van der Waals surface area contributed by atoms with Crippen LogP contribution in [0.3, 0.4) is 0 Å². The Kier molecular flexibility index (Phi) is 4.21. The molecule has 1 amide bonds. The molecule has 0 saturated heterocycles. The van der Waals surface area contributed by atoms with Crippen molar-refractivity contribution >= 4 is 34.5 Å². The molecule has 1 aromatic rings. The summed E-state index contributed by atoms with van der Waals surface area (Å²) in [6, 6.07) is 6.76. The van der Waals surface area contributed by atoms with E-state index in [0.717, 1.165) is 22.0 Å². The van der Waals surface area contributed by atoms with Gasteiger partial charge in [-0.3, -0.25) is 4.79 Å². The fourth-order valence-corrected chi connectivity index (χ4v) is 2.33. The number of aliphatic carboxylic acids is 1. The number of halogens is 1. The zero-order chi connectivity index (χ0) is 13.1. The first-order valence-corrected chi connectivity index (χ1v) is 6.92. The maximum Gasteiger partial charge on any atom is 0.326 e. The topological polar surface area (TPSA) is 66.4 Å². The lowest BCUT2D eigenvalue weighted by Gasteiger charge is -2.15. The third-order valence-electron chi connectivity index (χ3n) is 2.94. The third-order valence-corrected chi connectivity index (χ3v) is 4.00. The molecule has 5 heteroatoms. The molecule has 0 radical (unpaired) electrons. The summed E-state index contributed by atoms with van der Waals surface area (Å²) >= 11 is 2.17. The van der Waals surface area contributed by atoms with Crippen molar-refractivity contribution in [3.8, 4) is 0 Å². The smallest absolute Gasteiger partial charge is 0.326 e. The molecule has 0 unspecified atom stereocenters. The SMILES string of the molecule is O=C(N[C@H](Cc1ccccc1I)C(=O)O)C1CC1. The van der Waals surface area contributed by atoms with Gasteiger partial charge in [-0.1, -0.05) is 18.2 Å². The maximum absolute atomic E-state index is 11.6.